The van der Waals surface area contributed by atoms with Gasteiger partial charge in [0.2, 0.25) is 5.58 Å². The predicted molar refractivity (Wildman–Crippen MR) is 51.7 cm³/mol. The van der Waals surface area contributed by atoms with E-state index in [-0.39, 0.29) is 17.1 Å². The second kappa shape index (κ2) is 3.15. The van der Waals surface area contributed by atoms with Gasteiger partial charge in [-0.05, 0) is 0 Å². The molecule has 0 aliphatic carbocycles. The molecule has 0 unspecified atom stereocenters. The second-order valence-corrected chi connectivity index (χ2v) is 2.88. The Morgan fingerprint density at radius 1 is 1.25 bits per heavy atom. The summed E-state index contributed by atoms with van der Waals surface area (Å²) in [5, 5.41) is 21.2. The summed E-state index contributed by atoms with van der Waals surface area (Å²) < 4.78 is 4.80. The lowest BCUT2D eigenvalue weighted by Crippen LogP contribution is -1.93. The van der Waals surface area contributed by atoms with E-state index in [9.17, 15) is 20.2 Å². The van der Waals surface area contributed by atoms with Gasteiger partial charge in [-0.25, -0.2) is 0 Å². The van der Waals surface area contributed by atoms with Crippen molar-refractivity contribution >= 4 is 28.5 Å². The summed E-state index contributed by atoms with van der Waals surface area (Å²) in [6, 6.07) is 1.58. The van der Waals surface area contributed by atoms with E-state index < -0.39 is 21.2 Å². The molecule has 0 radical (unpaired) electrons. The lowest BCUT2D eigenvalue weighted by atomic mass is 10.2. The number of non-ortho nitro benzene ring substituents is 2. The molecule has 0 bridgehead atoms. The van der Waals surface area contributed by atoms with Crippen molar-refractivity contribution in [3.8, 4) is 0 Å². The molecule has 0 saturated heterocycles. The summed E-state index contributed by atoms with van der Waals surface area (Å²) in [7, 11) is 0. The first kappa shape index (κ1) is 9.83. The van der Waals surface area contributed by atoms with Crippen molar-refractivity contribution in [1.29, 1.82) is 0 Å². The number of nitrogens with two attached hydrogens (primary N) is 1. The maximum Gasteiger partial charge on any atom is 0.320 e. The summed E-state index contributed by atoms with van der Waals surface area (Å²) in [6.45, 7) is 0. The van der Waals surface area contributed by atoms with Gasteiger partial charge in [0, 0.05) is 6.07 Å². The highest BCUT2D eigenvalue weighted by Crippen LogP contribution is 2.31. The number of rotatable bonds is 2. The molecule has 2 rings (SSSR count). The molecule has 1 aromatic carbocycles. The Morgan fingerprint density at radius 3 is 2.50 bits per heavy atom. The number of nitrogens with zero attached hydrogens (tertiary/aromatic N) is 3. The molecule has 82 valence electrons. The molecule has 2 aromatic rings. The van der Waals surface area contributed by atoms with Crippen molar-refractivity contribution in [2.75, 3.05) is 5.73 Å². The van der Waals surface area contributed by atoms with Crippen LogP contribution in [0, 0.1) is 20.2 Å². The van der Waals surface area contributed by atoms with E-state index >= 15 is 0 Å². The molecule has 0 aliphatic rings. The Bertz CT molecular complexity index is 604. The van der Waals surface area contributed by atoms with Crippen LogP contribution in [0.4, 0.5) is 17.4 Å². The van der Waals surface area contributed by atoms with Crippen LogP contribution in [0.5, 0.6) is 0 Å². The van der Waals surface area contributed by atoms with E-state index in [0.29, 0.717) is 0 Å². The molecule has 9 nitrogen and oxygen atoms in total. The van der Waals surface area contributed by atoms with Crippen LogP contribution in [0.15, 0.2) is 16.5 Å². The van der Waals surface area contributed by atoms with Gasteiger partial charge in [-0.15, -0.1) is 0 Å². The quantitative estimate of drug-likeness (QED) is 0.597. The minimum absolute atomic E-state index is 0.0154. The fraction of sp³-hybridized carbons (Fsp3) is 0. The van der Waals surface area contributed by atoms with Crippen LogP contribution in [0.2, 0.25) is 0 Å². The van der Waals surface area contributed by atoms with Crippen molar-refractivity contribution in [2.45, 2.75) is 0 Å². The topological polar surface area (TPSA) is 138 Å². The molecule has 0 spiro atoms. The summed E-state index contributed by atoms with van der Waals surface area (Å²) >= 11 is 0. The third-order valence-corrected chi connectivity index (χ3v) is 1.88. The van der Waals surface area contributed by atoms with Gasteiger partial charge < -0.3 is 10.2 Å². The number of nitro benzene ring substituents is 2. The molecular weight excluding hydrogens is 220 g/mol. The maximum atomic E-state index is 10.7. The van der Waals surface area contributed by atoms with Crippen LogP contribution < -0.4 is 5.73 Å². The highest BCUT2D eigenvalue weighted by atomic mass is 16.6. The number of oxazole rings is 1. The van der Waals surface area contributed by atoms with Gasteiger partial charge in [0.25, 0.3) is 11.7 Å². The van der Waals surface area contributed by atoms with Crippen LogP contribution in [0.25, 0.3) is 11.1 Å². The van der Waals surface area contributed by atoms with Gasteiger partial charge in [-0.1, -0.05) is 0 Å². The summed E-state index contributed by atoms with van der Waals surface area (Å²) in [6.07, 6.45) is 0. The zero-order chi connectivity index (χ0) is 11.9. The summed E-state index contributed by atoms with van der Waals surface area (Å²) in [5.41, 5.74) is 4.06. The standard InChI is InChI=1S/C7H4N4O5/c8-7-9-4-1-3(10(12)13)2-5(11(14)15)6(4)16-7/h1-2H,(H2,8,9). The van der Waals surface area contributed by atoms with Crippen LogP contribution >= 0.6 is 0 Å². The van der Waals surface area contributed by atoms with Crippen LogP contribution in [-0.4, -0.2) is 14.8 Å². The first-order chi connectivity index (χ1) is 7.49. The number of hydrogen-bond acceptors (Lipinski definition) is 7. The summed E-state index contributed by atoms with van der Waals surface area (Å²) in [4.78, 5) is 23.2. The molecule has 0 amide bonds. The van der Waals surface area contributed by atoms with Gasteiger partial charge in [-0.2, -0.15) is 4.98 Å². The van der Waals surface area contributed by atoms with Crippen molar-refractivity contribution in [1.82, 2.24) is 4.98 Å². The number of hydrogen-bond donors (Lipinski definition) is 1. The zero-order valence-electron chi connectivity index (χ0n) is 7.61. The molecular formula is C7H4N4O5. The zero-order valence-corrected chi connectivity index (χ0v) is 7.61. The minimum Gasteiger partial charge on any atom is -0.416 e. The first-order valence-electron chi connectivity index (χ1n) is 3.98. The molecule has 9 heteroatoms. The highest BCUT2D eigenvalue weighted by Gasteiger charge is 2.23. The third kappa shape index (κ3) is 1.39. The highest BCUT2D eigenvalue weighted by molar-refractivity contribution is 5.86. The molecule has 0 saturated carbocycles. The summed E-state index contributed by atoms with van der Waals surface area (Å²) in [5.74, 6) is 0. The number of aromatic nitrogens is 1. The number of anilines is 1. The number of nitro groups is 2. The van der Waals surface area contributed by atoms with Crippen molar-refractivity contribution in [2.24, 2.45) is 0 Å². The van der Waals surface area contributed by atoms with Gasteiger partial charge >= 0.3 is 5.69 Å². The van der Waals surface area contributed by atoms with Crippen LogP contribution in [0.1, 0.15) is 0 Å². The van der Waals surface area contributed by atoms with Crippen molar-refractivity contribution in [3.05, 3.63) is 32.4 Å². The van der Waals surface area contributed by atoms with E-state index in [1.165, 1.54) is 0 Å². The number of fused-ring (bicyclic) bond motifs is 1. The molecule has 2 N–H and O–H groups in total. The van der Waals surface area contributed by atoms with Crippen LogP contribution in [0.3, 0.4) is 0 Å². The Morgan fingerprint density at radius 2 is 1.94 bits per heavy atom. The maximum absolute atomic E-state index is 10.7. The molecule has 0 atom stereocenters. The molecule has 0 aliphatic heterocycles. The van der Waals surface area contributed by atoms with E-state index in [4.69, 9.17) is 10.2 Å². The molecule has 16 heavy (non-hydrogen) atoms. The number of nitrogen functional groups attached to an aromatic ring is 1. The van der Waals surface area contributed by atoms with Gasteiger partial charge in [0.05, 0.1) is 15.9 Å². The van der Waals surface area contributed by atoms with Gasteiger partial charge in [0.1, 0.15) is 5.52 Å². The SMILES string of the molecule is Nc1nc2cc([N+](=O)[O-])cc([N+](=O)[O-])c2o1. The Kier molecular flexibility index (Phi) is 1.94. The van der Waals surface area contributed by atoms with Gasteiger partial charge in [0.15, 0.2) is 0 Å². The second-order valence-electron chi connectivity index (χ2n) is 2.88. The Hall–Kier alpha value is -2.71. The third-order valence-electron chi connectivity index (χ3n) is 1.88. The normalized spacial score (nSPS) is 10.5. The minimum atomic E-state index is -0.792. The van der Waals surface area contributed by atoms with E-state index in [2.05, 4.69) is 4.98 Å². The monoisotopic (exact) mass is 224 g/mol. The fourth-order valence-corrected chi connectivity index (χ4v) is 1.26. The molecule has 0 fully saturated rings. The van der Waals surface area contributed by atoms with Crippen molar-refractivity contribution in [3.63, 3.8) is 0 Å². The van der Waals surface area contributed by atoms with Gasteiger partial charge in [-0.3, -0.25) is 20.2 Å². The average Bonchev–Trinajstić information content (AvgIpc) is 2.55. The largest absolute Gasteiger partial charge is 0.416 e. The Labute approximate surface area is 86.8 Å². The lowest BCUT2D eigenvalue weighted by molar-refractivity contribution is -0.393. The smallest absolute Gasteiger partial charge is 0.320 e. The van der Waals surface area contributed by atoms with Crippen molar-refractivity contribution < 1.29 is 14.3 Å². The van der Waals surface area contributed by atoms with Crippen LogP contribution in [-0.2, 0) is 0 Å². The predicted octanol–water partition coefficient (Wildman–Crippen LogP) is 1.23. The average molecular weight is 224 g/mol. The lowest BCUT2D eigenvalue weighted by Gasteiger charge is -1.92. The number of benzene rings is 1. The first-order valence-corrected chi connectivity index (χ1v) is 3.98. The van der Waals surface area contributed by atoms with E-state index in [1.54, 1.807) is 0 Å². The molecule has 1 heterocycles. The Balaban J connectivity index is 2.83. The van der Waals surface area contributed by atoms with E-state index in [1.807, 2.05) is 0 Å². The van der Waals surface area contributed by atoms with E-state index in [0.717, 1.165) is 12.1 Å². The molecule has 1 aromatic heterocycles. The fourth-order valence-electron chi connectivity index (χ4n) is 1.26.